The number of carbonyl (C=O) groups excluding carboxylic acids is 2. The van der Waals surface area contributed by atoms with E-state index in [-0.39, 0.29) is 17.2 Å². The highest BCUT2D eigenvalue weighted by Crippen LogP contribution is 2.34. The van der Waals surface area contributed by atoms with Crippen LogP contribution in [0.25, 0.3) is 0 Å². The van der Waals surface area contributed by atoms with Gasteiger partial charge in [-0.1, -0.05) is 13.8 Å². The number of nitrogens with zero attached hydrogens (tertiary/aromatic N) is 3. The van der Waals surface area contributed by atoms with Gasteiger partial charge >= 0.3 is 0 Å². The maximum absolute atomic E-state index is 13.0. The number of likely N-dealkylation sites (tertiary alicyclic amines) is 1. The van der Waals surface area contributed by atoms with Gasteiger partial charge in [0.15, 0.2) is 0 Å². The van der Waals surface area contributed by atoms with Crippen molar-refractivity contribution in [3.8, 4) is 0 Å². The number of carbonyl (C=O) groups is 2. The number of nitro benzene ring substituents is 1. The van der Waals surface area contributed by atoms with Crippen molar-refractivity contribution >= 4 is 23.2 Å². The summed E-state index contributed by atoms with van der Waals surface area (Å²) in [5.41, 5.74) is 6.15. The first-order chi connectivity index (χ1) is 13.3. The normalized spacial score (nSPS) is 25.4. The molecule has 3 unspecified atom stereocenters. The number of nitrogens with two attached hydrogens (primary N) is 1. The highest BCUT2D eigenvalue weighted by atomic mass is 16.6. The van der Waals surface area contributed by atoms with E-state index < -0.39 is 16.9 Å². The van der Waals surface area contributed by atoms with Gasteiger partial charge in [0.25, 0.3) is 11.6 Å². The SMILES string of the molecule is CC1CC(C)CN(c2ccc(C(=O)N3CCCCC3C(N)=O)cc2[N+](=O)[O-])C1. The van der Waals surface area contributed by atoms with Gasteiger partial charge in [0, 0.05) is 31.3 Å². The van der Waals surface area contributed by atoms with Gasteiger partial charge in [0.05, 0.1) is 4.92 Å². The Hall–Kier alpha value is -2.64. The fraction of sp³-hybridized carbons (Fsp3) is 0.600. The van der Waals surface area contributed by atoms with E-state index in [4.69, 9.17) is 5.73 Å². The largest absolute Gasteiger partial charge is 0.368 e. The second kappa shape index (κ2) is 8.16. The topological polar surface area (TPSA) is 110 Å². The molecule has 2 amide bonds. The Bertz CT molecular complexity index is 771. The standard InChI is InChI=1S/C20H28N4O4/c1-13-9-14(2)12-22(11-13)16-7-6-15(10-18(16)24(27)28)20(26)23-8-4-3-5-17(23)19(21)25/h6-7,10,13-14,17H,3-5,8-9,11-12H2,1-2H3,(H2,21,25). The lowest BCUT2D eigenvalue weighted by Gasteiger charge is -2.36. The lowest BCUT2D eigenvalue weighted by Crippen LogP contribution is -2.50. The quantitative estimate of drug-likeness (QED) is 0.630. The van der Waals surface area contributed by atoms with Gasteiger partial charge in [-0.15, -0.1) is 0 Å². The van der Waals surface area contributed by atoms with E-state index in [1.54, 1.807) is 12.1 Å². The summed E-state index contributed by atoms with van der Waals surface area (Å²) in [4.78, 5) is 39.5. The first-order valence-corrected chi connectivity index (χ1v) is 9.91. The van der Waals surface area contributed by atoms with Crippen molar-refractivity contribution in [1.82, 2.24) is 4.90 Å². The Morgan fingerprint density at radius 2 is 1.86 bits per heavy atom. The molecule has 0 bridgehead atoms. The number of primary amides is 1. The molecule has 1 aromatic rings. The molecule has 0 saturated carbocycles. The van der Waals surface area contributed by atoms with Crippen LogP contribution in [0, 0.1) is 22.0 Å². The molecule has 2 aliphatic heterocycles. The minimum atomic E-state index is -0.649. The van der Waals surface area contributed by atoms with E-state index in [0.29, 0.717) is 30.5 Å². The molecule has 28 heavy (non-hydrogen) atoms. The van der Waals surface area contributed by atoms with Crippen LogP contribution in [0.15, 0.2) is 18.2 Å². The van der Waals surface area contributed by atoms with Crippen molar-refractivity contribution in [2.75, 3.05) is 24.5 Å². The third-order valence-corrected chi connectivity index (χ3v) is 5.72. The van der Waals surface area contributed by atoms with Crippen molar-refractivity contribution < 1.29 is 14.5 Å². The monoisotopic (exact) mass is 388 g/mol. The average molecular weight is 388 g/mol. The molecule has 1 aromatic carbocycles. The molecular formula is C20H28N4O4. The predicted octanol–water partition coefficient (Wildman–Crippen LogP) is 2.56. The Kier molecular flexibility index (Phi) is 5.86. The first kappa shape index (κ1) is 20.1. The molecule has 2 fully saturated rings. The van der Waals surface area contributed by atoms with Crippen molar-refractivity contribution in [2.24, 2.45) is 17.6 Å². The van der Waals surface area contributed by atoms with Gasteiger partial charge < -0.3 is 15.5 Å². The van der Waals surface area contributed by atoms with Gasteiger partial charge in [-0.2, -0.15) is 0 Å². The number of hydrogen-bond donors (Lipinski definition) is 1. The van der Waals surface area contributed by atoms with Crippen molar-refractivity contribution in [3.05, 3.63) is 33.9 Å². The van der Waals surface area contributed by atoms with Gasteiger partial charge in [0.2, 0.25) is 5.91 Å². The fourth-order valence-electron chi connectivity index (χ4n) is 4.57. The van der Waals surface area contributed by atoms with Crippen LogP contribution in [0.2, 0.25) is 0 Å². The molecule has 2 aliphatic rings. The summed E-state index contributed by atoms with van der Waals surface area (Å²) < 4.78 is 0. The third-order valence-electron chi connectivity index (χ3n) is 5.72. The zero-order valence-electron chi connectivity index (χ0n) is 16.5. The zero-order valence-corrected chi connectivity index (χ0v) is 16.5. The van der Waals surface area contributed by atoms with Gasteiger partial charge in [-0.05, 0) is 49.7 Å². The Morgan fingerprint density at radius 1 is 1.18 bits per heavy atom. The number of benzene rings is 1. The summed E-state index contributed by atoms with van der Waals surface area (Å²) in [5.74, 6) is -0.00216. The zero-order chi connectivity index (χ0) is 20.4. The maximum atomic E-state index is 13.0. The number of anilines is 1. The molecular weight excluding hydrogens is 360 g/mol. The summed E-state index contributed by atoms with van der Waals surface area (Å²) in [6, 6.07) is 3.98. The third kappa shape index (κ3) is 4.10. The molecule has 3 atom stereocenters. The van der Waals surface area contributed by atoms with Crippen LogP contribution in [0.1, 0.15) is 49.9 Å². The van der Waals surface area contributed by atoms with Gasteiger partial charge in [0.1, 0.15) is 11.7 Å². The molecule has 8 heteroatoms. The minimum absolute atomic E-state index is 0.0696. The average Bonchev–Trinajstić information content (AvgIpc) is 2.66. The van der Waals surface area contributed by atoms with Crippen LogP contribution in [-0.4, -0.2) is 47.3 Å². The summed E-state index contributed by atoms with van der Waals surface area (Å²) in [5, 5.41) is 11.7. The van der Waals surface area contributed by atoms with E-state index in [1.165, 1.54) is 11.0 Å². The molecule has 2 saturated heterocycles. The van der Waals surface area contributed by atoms with Crippen molar-refractivity contribution in [2.45, 2.75) is 45.6 Å². The van der Waals surface area contributed by atoms with Crippen LogP contribution in [0.3, 0.4) is 0 Å². The van der Waals surface area contributed by atoms with Gasteiger partial charge in [-0.3, -0.25) is 19.7 Å². The lowest BCUT2D eigenvalue weighted by molar-refractivity contribution is -0.384. The maximum Gasteiger partial charge on any atom is 0.293 e. The molecule has 2 heterocycles. The van der Waals surface area contributed by atoms with E-state index in [1.807, 2.05) is 4.90 Å². The highest BCUT2D eigenvalue weighted by molar-refractivity contribution is 5.98. The summed E-state index contributed by atoms with van der Waals surface area (Å²) >= 11 is 0. The summed E-state index contributed by atoms with van der Waals surface area (Å²) in [7, 11) is 0. The fourth-order valence-corrected chi connectivity index (χ4v) is 4.57. The number of amides is 2. The Labute approximate surface area is 164 Å². The van der Waals surface area contributed by atoms with Crippen LogP contribution in [0.5, 0.6) is 0 Å². The van der Waals surface area contributed by atoms with Crippen LogP contribution < -0.4 is 10.6 Å². The molecule has 0 radical (unpaired) electrons. The van der Waals surface area contributed by atoms with E-state index >= 15 is 0 Å². The number of hydrogen-bond acceptors (Lipinski definition) is 5. The molecule has 0 spiro atoms. The van der Waals surface area contributed by atoms with Crippen LogP contribution >= 0.6 is 0 Å². The Morgan fingerprint density at radius 3 is 2.46 bits per heavy atom. The number of nitro groups is 1. The molecule has 3 rings (SSSR count). The molecule has 0 aromatic heterocycles. The lowest BCUT2D eigenvalue weighted by atomic mass is 9.91. The number of piperidine rings is 2. The molecule has 2 N–H and O–H groups in total. The highest BCUT2D eigenvalue weighted by Gasteiger charge is 2.33. The number of rotatable bonds is 4. The van der Waals surface area contributed by atoms with E-state index in [0.717, 1.165) is 32.4 Å². The summed E-state index contributed by atoms with van der Waals surface area (Å²) in [6.45, 7) is 6.24. The van der Waals surface area contributed by atoms with Gasteiger partial charge in [-0.25, -0.2) is 0 Å². The second-order valence-electron chi connectivity index (χ2n) is 8.22. The smallest absolute Gasteiger partial charge is 0.293 e. The van der Waals surface area contributed by atoms with Crippen LogP contribution in [0.4, 0.5) is 11.4 Å². The first-order valence-electron chi connectivity index (χ1n) is 9.91. The molecule has 0 aliphatic carbocycles. The summed E-state index contributed by atoms with van der Waals surface area (Å²) in [6.07, 6.45) is 3.26. The molecule has 152 valence electrons. The van der Waals surface area contributed by atoms with E-state index in [2.05, 4.69) is 13.8 Å². The predicted molar refractivity (Wildman–Crippen MR) is 106 cm³/mol. The van der Waals surface area contributed by atoms with Crippen molar-refractivity contribution in [3.63, 3.8) is 0 Å². The van der Waals surface area contributed by atoms with Crippen LogP contribution in [-0.2, 0) is 4.79 Å². The molecule has 8 nitrogen and oxygen atoms in total. The van der Waals surface area contributed by atoms with E-state index in [9.17, 15) is 19.7 Å². The minimum Gasteiger partial charge on any atom is -0.368 e. The van der Waals surface area contributed by atoms with Crippen molar-refractivity contribution in [1.29, 1.82) is 0 Å². The second-order valence-corrected chi connectivity index (χ2v) is 8.22. The Balaban J connectivity index is 1.91.